The second-order valence-electron chi connectivity index (χ2n) is 12.8. The Morgan fingerprint density at radius 2 is 1.15 bits per heavy atom. The van der Waals surface area contributed by atoms with Crippen LogP contribution in [0.15, 0.2) is 0 Å². The van der Waals surface area contributed by atoms with Gasteiger partial charge in [0, 0.05) is 0 Å². The Labute approximate surface area is 239 Å². The Bertz CT molecular complexity index is 681. The Hall–Kier alpha value is -1.14. The monoisotopic (exact) mass is 554 g/mol. The first-order chi connectivity index (χ1) is 18.6. The van der Waals surface area contributed by atoms with Gasteiger partial charge in [0.2, 0.25) is 0 Å². The molecule has 39 heavy (non-hydrogen) atoms. The van der Waals surface area contributed by atoms with Crippen LogP contribution in [0.25, 0.3) is 0 Å². The first-order valence-corrected chi connectivity index (χ1v) is 16.4. The van der Waals surface area contributed by atoms with Crippen LogP contribution in [0.2, 0.25) is 0 Å². The first-order valence-electron chi connectivity index (χ1n) is 16.4. The summed E-state index contributed by atoms with van der Waals surface area (Å²) >= 11 is 0. The fourth-order valence-corrected chi connectivity index (χ4v) is 6.98. The van der Waals surface area contributed by atoms with Gasteiger partial charge >= 0.3 is 11.9 Å². The standard InChI is InChI=1S/C31H56O6.C2H6/c1-4-31(3,30(36)37)21-8-7-14-24-16-10-18-26(28(24)33)20-11-19-25-17-9-15-23(27(25)32)13-6-5-12-22(2)29(34)35;1-2/h22-28,32-33H,4-21H2,1-3H3,(H,34,35)(H,36,37);1-2H3. The molecule has 2 rings (SSSR count). The highest BCUT2D eigenvalue weighted by Gasteiger charge is 2.34. The van der Waals surface area contributed by atoms with Gasteiger partial charge in [-0.05, 0) is 101 Å². The van der Waals surface area contributed by atoms with Crippen LogP contribution in [0.4, 0.5) is 0 Å². The summed E-state index contributed by atoms with van der Waals surface area (Å²) < 4.78 is 0. The summed E-state index contributed by atoms with van der Waals surface area (Å²) in [5.74, 6) is -0.312. The van der Waals surface area contributed by atoms with Crippen molar-refractivity contribution >= 4 is 11.9 Å². The molecule has 2 aliphatic rings. The van der Waals surface area contributed by atoms with Crippen molar-refractivity contribution in [3.8, 4) is 0 Å². The summed E-state index contributed by atoms with van der Waals surface area (Å²) in [4.78, 5) is 22.5. The maximum atomic E-state index is 11.5. The van der Waals surface area contributed by atoms with Crippen molar-refractivity contribution in [2.75, 3.05) is 0 Å². The molecule has 2 saturated carbocycles. The number of unbranched alkanes of at least 4 members (excludes halogenated alkanes) is 2. The van der Waals surface area contributed by atoms with Gasteiger partial charge in [-0.2, -0.15) is 0 Å². The van der Waals surface area contributed by atoms with E-state index in [1.54, 1.807) is 6.92 Å². The number of aliphatic hydroxyl groups excluding tert-OH is 2. The van der Waals surface area contributed by atoms with Crippen molar-refractivity contribution in [2.45, 2.75) is 162 Å². The van der Waals surface area contributed by atoms with Crippen LogP contribution >= 0.6 is 0 Å². The lowest BCUT2D eigenvalue weighted by atomic mass is 9.72. The number of carboxylic acids is 2. The molecule has 0 bridgehead atoms. The normalized spacial score (nSPS) is 29.5. The molecule has 2 fully saturated rings. The van der Waals surface area contributed by atoms with Gasteiger partial charge in [0.05, 0.1) is 23.5 Å². The lowest BCUT2D eigenvalue weighted by molar-refractivity contribution is -0.148. The van der Waals surface area contributed by atoms with Crippen molar-refractivity contribution in [1.29, 1.82) is 0 Å². The SMILES string of the molecule is CC.CCC(C)(CCCCC1CCCC(CCCC2CCCC(CCCCC(C)C(=O)O)C2O)C1O)C(=O)O. The average molecular weight is 555 g/mol. The number of carboxylic acid groups (broad SMARTS) is 2. The molecule has 6 nitrogen and oxygen atoms in total. The number of carbonyl (C=O) groups is 2. The topological polar surface area (TPSA) is 115 Å². The van der Waals surface area contributed by atoms with Gasteiger partial charge in [0.15, 0.2) is 0 Å². The van der Waals surface area contributed by atoms with Crippen molar-refractivity contribution in [2.24, 2.45) is 35.0 Å². The largest absolute Gasteiger partial charge is 0.481 e. The predicted octanol–water partition coefficient (Wildman–Crippen LogP) is 8.08. The molecule has 2 aliphatic carbocycles. The molecular weight excluding hydrogens is 492 g/mol. The van der Waals surface area contributed by atoms with E-state index in [1.165, 1.54) is 12.8 Å². The number of rotatable bonds is 17. The minimum atomic E-state index is -0.720. The second kappa shape index (κ2) is 19.1. The molecular formula is C33H62O6. The Morgan fingerprint density at radius 1 is 0.744 bits per heavy atom. The summed E-state index contributed by atoms with van der Waals surface area (Å²) in [6.45, 7) is 9.56. The molecule has 0 amide bonds. The average Bonchev–Trinajstić information content (AvgIpc) is 2.92. The highest BCUT2D eigenvalue weighted by molar-refractivity contribution is 5.73. The zero-order valence-electron chi connectivity index (χ0n) is 25.9. The lowest BCUT2D eigenvalue weighted by Gasteiger charge is -2.37. The van der Waals surface area contributed by atoms with Gasteiger partial charge in [0.25, 0.3) is 0 Å². The fraction of sp³-hybridized carbons (Fsp3) is 0.939. The minimum absolute atomic E-state index is 0.241. The van der Waals surface area contributed by atoms with E-state index >= 15 is 0 Å². The third-order valence-electron chi connectivity index (χ3n) is 10.1. The smallest absolute Gasteiger partial charge is 0.309 e. The minimum Gasteiger partial charge on any atom is -0.481 e. The van der Waals surface area contributed by atoms with Crippen LogP contribution in [0.5, 0.6) is 0 Å². The fourth-order valence-electron chi connectivity index (χ4n) is 6.98. The van der Waals surface area contributed by atoms with Crippen LogP contribution in [0, 0.1) is 35.0 Å². The number of aliphatic carboxylic acids is 2. The molecule has 6 heteroatoms. The summed E-state index contributed by atoms with van der Waals surface area (Å²) in [7, 11) is 0. The summed E-state index contributed by atoms with van der Waals surface area (Å²) in [5, 5.41) is 40.6. The van der Waals surface area contributed by atoms with E-state index in [9.17, 15) is 24.9 Å². The molecule has 8 atom stereocenters. The van der Waals surface area contributed by atoms with E-state index < -0.39 is 17.4 Å². The molecule has 0 aromatic rings. The number of hydrogen-bond donors (Lipinski definition) is 4. The van der Waals surface area contributed by atoms with Gasteiger partial charge in [0.1, 0.15) is 0 Å². The molecule has 0 heterocycles. The zero-order chi connectivity index (χ0) is 29.4. The molecule has 8 unspecified atom stereocenters. The van der Waals surface area contributed by atoms with Crippen molar-refractivity contribution in [3.05, 3.63) is 0 Å². The lowest BCUT2D eigenvalue weighted by Crippen LogP contribution is -2.35. The molecule has 0 aromatic carbocycles. The third-order valence-corrected chi connectivity index (χ3v) is 10.1. The Kier molecular flexibility index (Phi) is 17.5. The summed E-state index contributed by atoms with van der Waals surface area (Å²) in [5.41, 5.74) is -0.630. The molecule has 0 saturated heterocycles. The van der Waals surface area contributed by atoms with Gasteiger partial charge in [-0.1, -0.05) is 72.6 Å². The van der Waals surface area contributed by atoms with Crippen LogP contribution in [0.1, 0.15) is 150 Å². The predicted molar refractivity (Wildman–Crippen MR) is 159 cm³/mol. The van der Waals surface area contributed by atoms with E-state index in [-0.39, 0.29) is 18.1 Å². The Balaban J connectivity index is 0.00000371. The molecule has 0 aromatic heterocycles. The first kappa shape index (κ1) is 35.9. The van der Waals surface area contributed by atoms with E-state index in [0.29, 0.717) is 42.9 Å². The number of hydrogen-bond acceptors (Lipinski definition) is 4. The van der Waals surface area contributed by atoms with Gasteiger partial charge in [-0.3, -0.25) is 9.59 Å². The maximum absolute atomic E-state index is 11.5. The number of aliphatic hydroxyl groups is 2. The zero-order valence-corrected chi connectivity index (χ0v) is 25.9. The van der Waals surface area contributed by atoms with Gasteiger partial charge in [-0.25, -0.2) is 0 Å². The van der Waals surface area contributed by atoms with E-state index in [4.69, 9.17) is 5.11 Å². The molecule has 230 valence electrons. The van der Waals surface area contributed by atoms with Crippen molar-refractivity contribution in [3.63, 3.8) is 0 Å². The quantitative estimate of drug-likeness (QED) is 0.135. The highest BCUT2D eigenvalue weighted by atomic mass is 16.4. The van der Waals surface area contributed by atoms with E-state index in [2.05, 4.69) is 0 Å². The van der Waals surface area contributed by atoms with E-state index in [1.807, 2.05) is 27.7 Å². The maximum Gasteiger partial charge on any atom is 0.309 e. The second-order valence-corrected chi connectivity index (χ2v) is 12.8. The van der Waals surface area contributed by atoms with Gasteiger partial charge in [-0.15, -0.1) is 0 Å². The third kappa shape index (κ3) is 12.1. The molecule has 4 N–H and O–H groups in total. The van der Waals surface area contributed by atoms with Crippen molar-refractivity contribution < 1.29 is 30.0 Å². The van der Waals surface area contributed by atoms with Crippen LogP contribution < -0.4 is 0 Å². The van der Waals surface area contributed by atoms with Gasteiger partial charge < -0.3 is 20.4 Å². The molecule has 0 aliphatic heterocycles. The van der Waals surface area contributed by atoms with Crippen LogP contribution in [-0.4, -0.2) is 44.6 Å². The Morgan fingerprint density at radius 3 is 1.54 bits per heavy atom. The van der Waals surface area contributed by atoms with Crippen LogP contribution in [0.3, 0.4) is 0 Å². The molecule has 0 spiro atoms. The van der Waals surface area contributed by atoms with Crippen LogP contribution in [-0.2, 0) is 9.59 Å². The summed E-state index contributed by atoms with van der Waals surface area (Å²) in [6, 6.07) is 0. The molecule has 0 radical (unpaired) electrons. The van der Waals surface area contributed by atoms with Crippen molar-refractivity contribution in [1.82, 2.24) is 0 Å². The highest BCUT2D eigenvalue weighted by Crippen LogP contribution is 2.39. The van der Waals surface area contributed by atoms with E-state index in [0.717, 1.165) is 83.5 Å². The summed E-state index contributed by atoms with van der Waals surface area (Å²) in [6.07, 6.45) is 17.2.